The first-order chi connectivity index (χ1) is 8.65. The molecule has 0 saturated carbocycles. The van der Waals surface area contributed by atoms with Crippen LogP contribution in [-0.2, 0) is 9.53 Å². The van der Waals surface area contributed by atoms with Crippen LogP contribution < -0.4 is 0 Å². The van der Waals surface area contributed by atoms with Gasteiger partial charge in [-0.05, 0) is 31.4 Å². The van der Waals surface area contributed by atoms with Crippen LogP contribution in [0.5, 0.6) is 0 Å². The van der Waals surface area contributed by atoms with Crippen molar-refractivity contribution in [1.82, 2.24) is 4.98 Å². The number of oxazole rings is 1. The van der Waals surface area contributed by atoms with Crippen molar-refractivity contribution >= 4 is 17.1 Å². The molecule has 0 radical (unpaired) electrons. The van der Waals surface area contributed by atoms with Crippen LogP contribution in [0.1, 0.15) is 30.4 Å². The zero-order valence-corrected chi connectivity index (χ0v) is 9.92. The maximum Gasteiger partial charge on any atom is 0.332 e. The lowest BCUT2D eigenvalue weighted by Crippen LogP contribution is -2.18. The summed E-state index contributed by atoms with van der Waals surface area (Å²) >= 11 is 0. The van der Waals surface area contributed by atoms with E-state index in [4.69, 9.17) is 14.3 Å². The van der Waals surface area contributed by atoms with Gasteiger partial charge in [-0.25, -0.2) is 9.78 Å². The number of aromatic nitrogens is 1. The van der Waals surface area contributed by atoms with E-state index in [1.165, 1.54) is 0 Å². The lowest BCUT2D eigenvalue weighted by atomic mass is 10.2. The van der Waals surface area contributed by atoms with Gasteiger partial charge in [0.05, 0.1) is 0 Å². The molecule has 5 heteroatoms. The van der Waals surface area contributed by atoms with Gasteiger partial charge in [0.15, 0.2) is 11.7 Å². The Morgan fingerprint density at radius 2 is 2.28 bits per heavy atom. The highest BCUT2D eigenvalue weighted by Gasteiger charge is 2.34. The van der Waals surface area contributed by atoms with Crippen LogP contribution in [0.4, 0.5) is 0 Å². The molecule has 0 aliphatic carbocycles. The van der Waals surface area contributed by atoms with E-state index in [9.17, 15) is 4.79 Å². The molecule has 1 saturated heterocycles. The summed E-state index contributed by atoms with van der Waals surface area (Å²) in [5.74, 6) is -0.451. The summed E-state index contributed by atoms with van der Waals surface area (Å²) in [6, 6.07) is 5.72. The minimum absolute atomic E-state index is 0.349. The van der Waals surface area contributed by atoms with E-state index in [1.807, 2.05) is 25.1 Å². The molecule has 1 aliphatic heterocycles. The molecule has 1 N–H and O–H groups in total. The number of rotatable bonds is 2. The van der Waals surface area contributed by atoms with Gasteiger partial charge < -0.3 is 14.3 Å². The molecule has 0 spiro atoms. The normalized spacial score (nSPS) is 23.6. The first-order valence-corrected chi connectivity index (χ1v) is 5.89. The maximum atomic E-state index is 10.8. The van der Waals surface area contributed by atoms with E-state index in [2.05, 4.69) is 4.98 Å². The van der Waals surface area contributed by atoms with E-state index in [-0.39, 0.29) is 6.10 Å². The molecule has 94 valence electrons. The molecule has 2 unspecified atom stereocenters. The number of aliphatic carboxylic acids is 1. The van der Waals surface area contributed by atoms with Gasteiger partial charge in [-0.15, -0.1) is 0 Å². The number of carboxylic acids is 1. The summed E-state index contributed by atoms with van der Waals surface area (Å²) in [5.41, 5.74) is 2.57. The van der Waals surface area contributed by atoms with E-state index in [0.717, 1.165) is 11.1 Å². The van der Waals surface area contributed by atoms with Crippen LogP contribution in [0.25, 0.3) is 11.1 Å². The molecule has 1 fully saturated rings. The molecule has 1 aromatic carbocycles. The highest BCUT2D eigenvalue weighted by atomic mass is 16.5. The third-order valence-corrected chi connectivity index (χ3v) is 3.21. The zero-order valence-electron chi connectivity index (χ0n) is 9.92. The molecule has 2 heterocycles. The molecule has 2 atom stereocenters. The molecule has 5 nitrogen and oxygen atoms in total. The minimum Gasteiger partial charge on any atom is -0.479 e. The summed E-state index contributed by atoms with van der Waals surface area (Å²) in [6.45, 7) is 1.96. The monoisotopic (exact) mass is 247 g/mol. The number of fused-ring (bicyclic) bond motifs is 1. The van der Waals surface area contributed by atoms with Gasteiger partial charge in [-0.2, -0.15) is 0 Å². The number of para-hydroxylation sites is 1. The molecular weight excluding hydrogens is 234 g/mol. The quantitative estimate of drug-likeness (QED) is 0.882. The predicted molar refractivity (Wildman–Crippen MR) is 63.2 cm³/mol. The molecule has 0 bridgehead atoms. The second-order valence-electron chi connectivity index (χ2n) is 4.50. The van der Waals surface area contributed by atoms with Crippen molar-refractivity contribution < 1.29 is 19.1 Å². The van der Waals surface area contributed by atoms with Crippen LogP contribution in [-0.4, -0.2) is 22.2 Å². The zero-order chi connectivity index (χ0) is 12.7. The molecule has 1 aromatic heterocycles. The standard InChI is InChI=1S/C13H13NO4/c1-7-3-2-4-8-11(7)14-12(18-8)9-5-6-10(17-9)13(15)16/h2-4,9-10H,5-6H2,1H3,(H,15,16). The summed E-state index contributed by atoms with van der Waals surface area (Å²) in [6.07, 6.45) is 0.0320. The number of nitrogens with zero attached hydrogens (tertiary/aromatic N) is 1. The summed E-state index contributed by atoms with van der Waals surface area (Å²) in [5, 5.41) is 8.89. The van der Waals surface area contributed by atoms with Crippen LogP contribution in [0, 0.1) is 6.92 Å². The number of aryl methyl sites for hydroxylation is 1. The Bertz CT molecular complexity index is 604. The number of carboxylic acid groups (broad SMARTS) is 1. The summed E-state index contributed by atoms with van der Waals surface area (Å²) in [7, 11) is 0. The Kier molecular flexibility index (Phi) is 2.56. The second-order valence-corrected chi connectivity index (χ2v) is 4.50. The summed E-state index contributed by atoms with van der Waals surface area (Å²) < 4.78 is 11.1. The number of benzene rings is 1. The van der Waals surface area contributed by atoms with Gasteiger partial charge >= 0.3 is 5.97 Å². The van der Waals surface area contributed by atoms with Gasteiger partial charge in [-0.1, -0.05) is 12.1 Å². The van der Waals surface area contributed by atoms with Gasteiger partial charge in [0.1, 0.15) is 11.6 Å². The summed E-state index contributed by atoms with van der Waals surface area (Å²) in [4.78, 5) is 15.2. The molecule has 0 amide bonds. The van der Waals surface area contributed by atoms with Gasteiger partial charge in [0.2, 0.25) is 5.89 Å². The van der Waals surface area contributed by atoms with Crippen molar-refractivity contribution in [2.24, 2.45) is 0 Å². The van der Waals surface area contributed by atoms with E-state index in [1.54, 1.807) is 0 Å². The van der Waals surface area contributed by atoms with Crippen LogP contribution >= 0.6 is 0 Å². The van der Waals surface area contributed by atoms with Gasteiger partial charge in [0.25, 0.3) is 0 Å². The molecule has 1 aliphatic rings. The van der Waals surface area contributed by atoms with E-state index in [0.29, 0.717) is 24.3 Å². The van der Waals surface area contributed by atoms with Crippen molar-refractivity contribution in [1.29, 1.82) is 0 Å². The molecule has 2 aromatic rings. The third kappa shape index (κ3) is 1.76. The Labute approximate surface area is 103 Å². The van der Waals surface area contributed by atoms with Crippen LogP contribution in [0.2, 0.25) is 0 Å². The van der Waals surface area contributed by atoms with E-state index >= 15 is 0 Å². The lowest BCUT2D eigenvalue weighted by molar-refractivity contribution is -0.149. The first kappa shape index (κ1) is 11.2. The Hall–Kier alpha value is -1.88. The van der Waals surface area contributed by atoms with Crippen molar-refractivity contribution in [3.8, 4) is 0 Å². The smallest absolute Gasteiger partial charge is 0.332 e. The van der Waals surface area contributed by atoms with Crippen LogP contribution in [0.3, 0.4) is 0 Å². The van der Waals surface area contributed by atoms with Crippen molar-refractivity contribution in [3.63, 3.8) is 0 Å². The average molecular weight is 247 g/mol. The average Bonchev–Trinajstić information content (AvgIpc) is 2.95. The predicted octanol–water partition coefficient (Wildman–Crippen LogP) is 2.44. The maximum absolute atomic E-state index is 10.8. The van der Waals surface area contributed by atoms with Crippen molar-refractivity contribution in [3.05, 3.63) is 29.7 Å². The number of carbonyl (C=O) groups is 1. The first-order valence-electron chi connectivity index (χ1n) is 5.89. The largest absolute Gasteiger partial charge is 0.479 e. The number of hydrogen-bond acceptors (Lipinski definition) is 4. The SMILES string of the molecule is Cc1cccc2oc(C3CCC(C(=O)O)O3)nc12. The van der Waals surface area contributed by atoms with Crippen LogP contribution in [0.15, 0.2) is 22.6 Å². The minimum atomic E-state index is -0.926. The fourth-order valence-corrected chi connectivity index (χ4v) is 2.24. The number of hydrogen-bond donors (Lipinski definition) is 1. The molecule has 18 heavy (non-hydrogen) atoms. The van der Waals surface area contributed by atoms with E-state index < -0.39 is 12.1 Å². The fraction of sp³-hybridized carbons (Fsp3) is 0.385. The highest BCUT2D eigenvalue weighted by Crippen LogP contribution is 2.34. The van der Waals surface area contributed by atoms with Gasteiger partial charge in [-0.3, -0.25) is 0 Å². The number of ether oxygens (including phenoxy) is 1. The van der Waals surface area contributed by atoms with Crippen molar-refractivity contribution in [2.75, 3.05) is 0 Å². The van der Waals surface area contributed by atoms with Gasteiger partial charge in [0, 0.05) is 0 Å². The Morgan fingerprint density at radius 1 is 1.44 bits per heavy atom. The third-order valence-electron chi connectivity index (χ3n) is 3.21. The van der Waals surface area contributed by atoms with Crippen molar-refractivity contribution in [2.45, 2.75) is 32.0 Å². The Morgan fingerprint density at radius 3 is 2.94 bits per heavy atom. The molecular formula is C13H13NO4. The topological polar surface area (TPSA) is 72.6 Å². The highest BCUT2D eigenvalue weighted by molar-refractivity contribution is 5.76. The Balaban J connectivity index is 1.92. The lowest BCUT2D eigenvalue weighted by Gasteiger charge is -2.06. The fourth-order valence-electron chi connectivity index (χ4n) is 2.24. The second kappa shape index (κ2) is 4.10. The molecule has 3 rings (SSSR count).